The van der Waals surface area contributed by atoms with Crippen LogP contribution in [0.1, 0.15) is 76.6 Å². The Morgan fingerprint density at radius 1 is 1.05 bits per heavy atom. The first-order valence-corrected chi connectivity index (χ1v) is 14.7. The molecule has 2 aliphatic heterocycles. The van der Waals surface area contributed by atoms with Crippen molar-refractivity contribution < 1.29 is 14.3 Å². The molecule has 0 radical (unpaired) electrons. The minimum absolute atomic E-state index is 0.216. The van der Waals surface area contributed by atoms with Crippen molar-refractivity contribution in [2.75, 3.05) is 11.4 Å². The van der Waals surface area contributed by atoms with Gasteiger partial charge < -0.3 is 9.30 Å². The Morgan fingerprint density at radius 3 is 2.56 bits per heavy atom. The van der Waals surface area contributed by atoms with Gasteiger partial charge in [0.1, 0.15) is 23.4 Å². The molecule has 0 bridgehead atoms. The van der Waals surface area contributed by atoms with Gasteiger partial charge in [0.15, 0.2) is 5.82 Å². The highest BCUT2D eigenvalue weighted by Gasteiger charge is 2.39. The Morgan fingerprint density at radius 2 is 1.83 bits per heavy atom. The number of imidazole rings is 1. The topological polar surface area (TPSA) is 92.6 Å². The lowest BCUT2D eigenvalue weighted by molar-refractivity contribution is -0.120. The Labute approximate surface area is 241 Å². The normalized spacial score (nSPS) is 22.0. The van der Waals surface area contributed by atoms with Crippen molar-refractivity contribution in [2.24, 2.45) is 12.5 Å². The van der Waals surface area contributed by atoms with Crippen LogP contribution in [0.2, 0.25) is 0 Å². The van der Waals surface area contributed by atoms with E-state index in [1.165, 1.54) is 30.4 Å². The molecule has 0 spiro atoms. The number of amides is 3. The summed E-state index contributed by atoms with van der Waals surface area (Å²) in [5.74, 6) is 2.01. The summed E-state index contributed by atoms with van der Waals surface area (Å²) in [5, 5.41) is 2.38. The van der Waals surface area contributed by atoms with Crippen molar-refractivity contribution in [2.45, 2.75) is 84.5 Å². The first-order valence-electron chi connectivity index (χ1n) is 14.7. The van der Waals surface area contributed by atoms with Gasteiger partial charge >= 0.3 is 6.03 Å². The summed E-state index contributed by atoms with van der Waals surface area (Å²) in [6, 6.07) is 12.3. The molecule has 3 amide bonds. The van der Waals surface area contributed by atoms with Gasteiger partial charge in [0.25, 0.3) is 0 Å². The van der Waals surface area contributed by atoms with Crippen molar-refractivity contribution in [1.29, 1.82) is 0 Å². The second kappa shape index (κ2) is 10.3. The average molecular weight is 557 g/mol. The molecule has 1 unspecified atom stereocenters. The molecule has 2 aromatic heterocycles. The number of aromatic nitrogens is 3. The van der Waals surface area contributed by atoms with E-state index in [1.54, 1.807) is 11.1 Å². The van der Waals surface area contributed by atoms with Crippen LogP contribution in [0.3, 0.4) is 0 Å². The third-order valence-electron chi connectivity index (χ3n) is 9.22. The number of hydrogen-bond donors (Lipinski definition) is 1. The predicted octanol–water partition coefficient (Wildman–Crippen LogP) is 5.53. The molecule has 3 aromatic rings. The molecule has 216 valence electrons. The fourth-order valence-corrected chi connectivity index (χ4v) is 6.49. The number of pyridine rings is 1. The third kappa shape index (κ3) is 5.12. The highest BCUT2D eigenvalue weighted by atomic mass is 16.5. The maximum Gasteiger partial charge on any atom is 0.329 e. The number of imide groups is 1. The van der Waals surface area contributed by atoms with Crippen LogP contribution in [0.5, 0.6) is 5.75 Å². The Bertz CT molecular complexity index is 1480. The van der Waals surface area contributed by atoms with E-state index in [9.17, 15) is 9.59 Å². The molecule has 9 nitrogen and oxygen atoms in total. The van der Waals surface area contributed by atoms with E-state index in [0.717, 1.165) is 36.6 Å². The molecular weight excluding hydrogens is 516 g/mol. The molecular formula is C32H40N6O3. The van der Waals surface area contributed by atoms with E-state index in [-0.39, 0.29) is 29.4 Å². The van der Waals surface area contributed by atoms with Crippen LogP contribution in [-0.2, 0) is 30.5 Å². The minimum atomic E-state index is -0.424. The predicted molar refractivity (Wildman–Crippen MR) is 157 cm³/mol. The number of hydrogen-bond acceptors (Lipinski definition) is 6. The summed E-state index contributed by atoms with van der Waals surface area (Å²) in [4.78, 5) is 37.7. The molecule has 9 heteroatoms. The average Bonchev–Trinajstić information content (AvgIpc) is 3.42. The van der Waals surface area contributed by atoms with Crippen LogP contribution in [0.4, 0.5) is 10.6 Å². The molecule has 1 N–H and O–H groups in total. The Balaban J connectivity index is 1.17. The van der Waals surface area contributed by atoms with Gasteiger partial charge in [-0.3, -0.25) is 19.9 Å². The van der Waals surface area contributed by atoms with Gasteiger partial charge in [0, 0.05) is 38.5 Å². The van der Waals surface area contributed by atoms with Crippen molar-refractivity contribution >= 4 is 17.8 Å². The van der Waals surface area contributed by atoms with Crippen LogP contribution in [-0.4, -0.2) is 44.0 Å². The molecule has 3 aliphatic rings. The second-order valence-electron chi connectivity index (χ2n) is 12.9. The molecule has 4 heterocycles. The number of carbonyl (C=O) groups excluding carboxylic acids is 2. The van der Waals surface area contributed by atoms with E-state index in [0.29, 0.717) is 18.2 Å². The number of nitrogens with one attached hydrogen (secondary N) is 1. The van der Waals surface area contributed by atoms with Crippen molar-refractivity contribution in [3.63, 3.8) is 0 Å². The summed E-state index contributed by atoms with van der Waals surface area (Å²) in [5.41, 5.74) is 4.20. The quantitative estimate of drug-likeness (QED) is 0.429. The minimum Gasteiger partial charge on any atom is -0.490 e. The van der Waals surface area contributed by atoms with Gasteiger partial charge in [-0.05, 0) is 62.4 Å². The molecule has 6 rings (SSSR count). The maximum absolute atomic E-state index is 12.4. The van der Waals surface area contributed by atoms with Gasteiger partial charge in [-0.2, -0.15) is 0 Å². The van der Waals surface area contributed by atoms with Crippen LogP contribution >= 0.6 is 0 Å². The van der Waals surface area contributed by atoms with E-state index in [2.05, 4.69) is 73.2 Å². The zero-order valence-electron chi connectivity index (χ0n) is 24.7. The fraction of sp³-hybridized carbons (Fsp3) is 0.500. The van der Waals surface area contributed by atoms with Crippen molar-refractivity contribution in [3.8, 4) is 17.3 Å². The zero-order chi connectivity index (χ0) is 28.9. The Kier molecular flexibility index (Phi) is 6.88. The molecule has 1 aromatic carbocycles. The number of fused-ring (bicyclic) bond motifs is 1. The lowest BCUT2D eigenvalue weighted by Crippen LogP contribution is -2.50. The van der Waals surface area contributed by atoms with Crippen molar-refractivity contribution in [3.05, 3.63) is 59.4 Å². The summed E-state index contributed by atoms with van der Waals surface area (Å²) in [7, 11) is 1.87. The van der Waals surface area contributed by atoms with Gasteiger partial charge in [0.05, 0.1) is 17.4 Å². The number of carbonyl (C=O) groups is 2. The van der Waals surface area contributed by atoms with Gasteiger partial charge in [-0.1, -0.05) is 38.5 Å². The van der Waals surface area contributed by atoms with Crippen LogP contribution < -0.4 is 15.0 Å². The highest BCUT2D eigenvalue weighted by molar-refractivity contribution is 6.05. The summed E-state index contributed by atoms with van der Waals surface area (Å²) < 4.78 is 8.29. The number of ether oxygens (including phenoxy) is 1. The molecule has 41 heavy (non-hydrogen) atoms. The summed E-state index contributed by atoms with van der Waals surface area (Å²) in [6.07, 6.45) is 7.07. The number of rotatable bonds is 6. The lowest BCUT2D eigenvalue weighted by atomic mass is 9.75. The second-order valence-corrected chi connectivity index (χ2v) is 12.9. The van der Waals surface area contributed by atoms with E-state index in [1.807, 2.05) is 17.7 Å². The van der Waals surface area contributed by atoms with Crippen LogP contribution in [0, 0.1) is 5.41 Å². The molecule has 1 atom stereocenters. The largest absolute Gasteiger partial charge is 0.490 e. The van der Waals surface area contributed by atoms with Gasteiger partial charge in [-0.25, -0.2) is 14.8 Å². The van der Waals surface area contributed by atoms with E-state index < -0.39 is 6.03 Å². The maximum atomic E-state index is 12.4. The molecule has 1 saturated heterocycles. The number of urea groups is 1. The Hall–Kier alpha value is -3.72. The standard InChI is InChI=1S/C32H40N6O3/c1-31(2)16-7-6-8-25(31)41-23-12-9-21(10-13-23)19-37-20-22-11-14-24(34-28(22)32(37,3)4)29-33-18-27(36(29)5)38-17-15-26(39)35-30(38)40/h9-14,18,25H,6-8,15-17,19-20H2,1-5H3,(H,35,39,40). The monoisotopic (exact) mass is 556 g/mol. The fourth-order valence-electron chi connectivity index (χ4n) is 6.49. The number of benzene rings is 1. The number of nitrogens with zero attached hydrogens (tertiary/aromatic N) is 5. The van der Waals surface area contributed by atoms with E-state index >= 15 is 0 Å². The molecule has 2 fully saturated rings. The summed E-state index contributed by atoms with van der Waals surface area (Å²) >= 11 is 0. The SMILES string of the molecule is Cn1c(N2CCC(=O)NC2=O)cnc1-c1ccc2c(n1)C(C)(C)N(Cc1ccc(OC3CCCCC3(C)C)cc1)C2. The highest BCUT2D eigenvalue weighted by Crippen LogP contribution is 2.41. The molecule has 1 aliphatic carbocycles. The zero-order valence-corrected chi connectivity index (χ0v) is 24.7. The lowest BCUT2D eigenvalue weighted by Gasteiger charge is -2.38. The van der Waals surface area contributed by atoms with Gasteiger partial charge in [0.2, 0.25) is 5.91 Å². The first kappa shape index (κ1) is 27.4. The first-order chi connectivity index (χ1) is 19.5. The van der Waals surface area contributed by atoms with Gasteiger partial charge in [-0.15, -0.1) is 0 Å². The third-order valence-corrected chi connectivity index (χ3v) is 9.22. The van der Waals surface area contributed by atoms with E-state index in [4.69, 9.17) is 9.72 Å². The number of anilines is 1. The summed E-state index contributed by atoms with van der Waals surface area (Å²) in [6.45, 7) is 11.0. The molecule has 1 saturated carbocycles. The van der Waals surface area contributed by atoms with Crippen LogP contribution in [0.25, 0.3) is 11.5 Å². The van der Waals surface area contributed by atoms with Crippen molar-refractivity contribution in [1.82, 2.24) is 24.8 Å². The smallest absolute Gasteiger partial charge is 0.329 e. The van der Waals surface area contributed by atoms with Crippen LogP contribution in [0.15, 0.2) is 42.6 Å².